The molecular formula is C23H32N3O7PS. The monoisotopic (exact) mass is 528 g/mol. The molecule has 0 aliphatic carbocycles. The van der Waals surface area contributed by atoms with E-state index in [4.69, 9.17) is 16.6 Å². The summed E-state index contributed by atoms with van der Waals surface area (Å²) in [6, 6.07) is 9.04. The lowest BCUT2D eigenvalue weighted by molar-refractivity contribution is -0.00785. The Bertz CT molecular complexity index is 1120. The van der Waals surface area contributed by atoms with E-state index >= 15 is 0 Å². The van der Waals surface area contributed by atoms with Crippen molar-refractivity contribution in [1.82, 2.24) is 14.2 Å². The second-order valence-corrected chi connectivity index (χ2v) is 10.3. The number of aromatic nitrogens is 2. The molecule has 0 saturated carbocycles. The minimum Gasteiger partial charge on any atom is -0.400 e. The summed E-state index contributed by atoms with van der Waals surface area (Å²) in [5.41, 5.74) is 0.0275. The van der Waals surface area contributed by atoms with Crippen molar-refractivity contribution >= 4 is 25.4 Å². The van der Waals surface area contributed by atoms with E-state index in [1.165, 1.54) is 17.9 Å². The van der Waals surface area contributed by atoms with Crippen molar-refractivity contribution in [1.29, 1.82) is 1.43 Å². The van der Waals surface area contributed by atoms with Gasteiger partial charge in [0.05, 0.1) is 12.2 Å². The molecule has 2 N–H and O–H groups in total. The Hall–Kier alpha value is -1.85. The van der Waals surface area contributed by atoms with Crippen LogP contribution in [0.5, 0.6) is 0 Å². The number of nitrogens with zero attached hydrogens (tertiary/aromatic N) is 2. The maximum absolute atomic E-state index is 12.4. The molecule has 1 aromatic carbocycles. The first-order valence-corrected chi connectivity index (χ1v) is 13.3. The van der Waals surface area contributed by atoms with Gasteiger partial charge in [0.25, 0.3) is 14.1 Å². The molecular weight excluding hydrogens is 493 g/mol. The van der Waals surface area contributed by atoms with Crippen molar-refractivity contribution in [2.75, 3.05) is 26.1 Å². The fourth-order valence-corrected chi connectivity index (χ4v) is 6.13. The molecule has 0 amide bonds. The first kappa shape index (κ1) is 24.8. The molecule has 2 aliphatic rings. The van der Waals surface area contributed by atoms with Gasteiger partial charge in [0.1, 0.15) is 12.2 Å². The minimum atomic E-state index is -1.46. The largest absolute Gasteiger partial charge is 0.400 e. The molecule has 2 saturated heterocycles. The second kappa shape index (κ2) is 13.5. The Labute approximate surface area is 212 Å². The number of carbonyl (C=O) groups excluding carboxylic acids is 1. The van der Waals surface area contributed by atoms with Crippen molar-refractivity contribution in [3.63, 3.8) is 0 Å². The molecule has 12 heteroatoms. The zero-order valence-electron chi connectivity index (χ0n) is 21.8. The first-order chi connectivity index (χ1) is 17.9. The minimum absolute atomic E-state index is 0.0390. The molecule has 35 heavy (non-hydrogen) atoms. The van der Waals surface area contributed by atoms with Crippen LogP contribution in [-0.2, 0) is 13.8 Å². The summed E-state index contributed by atoms with van der Waals surface area (Å²) < 4.78 is 35.4. The summed E-state index contributed by atoms with van der Waals surface area (Å²) in [6.07, 6.45) is 2.26. The molecule has 1 aromatic heterocycles. The number of H-pyrrole nitrogens is 1. The molecule has 0 radical (unpaired) electrons. The topological polar surface area (TPSA) is 123 Å². The van der Waals surface area contributed by atoms with Crippen LogP contribution >= 0.6 is 20.3 Å². The van der Waals surface area contributed by atoms with Gasteiger partial charge in [0.15, 0.2) is 0 Å². The van der Waals surface area contributed by atoms with E-state index in [1.807, 2.05) is 18.2 Å². The number of aryl methyl sites for hydroxylation is 1. The highest BCUT2D eigenvalue weighted by atomic mass is 32.2. The fraction of sp³-hybridized carbons (Fsp3) is 0.522. The molecule has 192 valence electrons. The number of aromatic amines is 1. The number of rotatable bonds is 8. The SMILES string of the molecule is [2H]C[C@H]1O[C@@H](n2cc(C)c(=O)[nH]c2=O)CC1OP(OCSC(=O)c1ccccc1)N1CCCC1.[3H]OC. The van der Waals surface area contributed by atoms with E-state index < -0.39 is 38.2 Å². The van der Waals surface area contributed by atoms with E-state index in [-0.39, 0.29) is 18.0 Å². The third-order valence-electron chi connectivity index (χ3n) is 5.54. The lowest BCUT2D eigenvalue weighted by atomic mass is 10.2. The number of ether oxygens (including phenoxy) is 1. The van der Waals surface area contributed by atoms with Crippen molar-refractivity contribution in [2.24, 2.45) is 0 Å². The predicted molar refractivity (Wildman–Crippen MR) is 135 cm³/mol. The number of nitrogens with one attached hydrogen (secondary N) is 1. The lowest BCUT2D eigenvalue weighted by Crippen LogP contribution is -2.33. The molecule has 0 bridgehead atoms. The smallest absolute Gasteiger partial charge is 0.330 e. The van der Waals surface area contributed by atoms with Gasteiger partial charge in [-0.25, -0.2) is 9.46 Å². The molecule has 4 atom stereocenters. The van der Waals surface area contributed by atoms with Crippen LogP contribution in [0.2, 0.25) is 0 Å². The Balaban J connectivity index is 0.00000121. The molecule has 2 unspecified atom stereocenters. The highest BCUT2D eigenvalue weighted by molar-refractivity contribution is 8.14. The maximum Gasteiger partial charge on any atom is 0.330 e. The van der Waals surface area contributed by atoms with E-state index in [9.17, 15) is 14.4 Å². The van der Waals surface area contributed by atoms with Crippen molar-refractivity contribution in [3.05, 3.63) is 68.5 Å². The summed E-state index contributed by atoms with van der Waals surface area (Å²) >= 11 is 1.08. The molecule has 4 rings (SSSR count). The van der Waals surface area contributed by atoms with Gasteiger partial charge in [-0.15, -0.1) is 0 Å². The van der Waals surface area contributed by atoms with Crippen LogP contribution in [0.25, 0.3) is 0 Å². The van der Waals surface area contributed by atoms with Gasteiger partial charge in [0, 0.05) is 45.3 Å². The van der Waals surface area contributed by atoms with Gasteiger partial charge in [-0.2, -0.15) is 0 Å². The van der Waals surface area contributed by atoms with Crippen LogP contribution in [-0.4, -0.2) is 64.2 Å². The van der Waals surface area contributed by atoms with Crippen LogP contribution in [0.15, 0.2) is 46.1 Å². The van der Waals surface area contributed by atoms with Crippen LogP contribution < -0.4 is 11.2 Å². The number of aliphatic hydroxyl groups excluding tert-OH is 1. The number of hydrogen-bond acceptors (Lipinski definition) is 9. The Kier molecular flexibility index (Phi) is 9.54. The quantitative estimate of drug-likeness (QED) is 0.393. The zero-order chi connectivity index (χ0) is 26.8. The number of hydrogen-bond donors (Lipinski definition) is 2. The molecule has 2 fully saturated rings. The van der Waals surface area contributed by atoms with Gasteiger partial charge >= 0.3 is 5.69 Å². The van der Waals surface area contributed by atoms with Gasteiger partial charge in [-0.05, 0) is 26.7 Å². The van der Waals surface area contributed by atoms with Gasteiger partial charge in [-0.1, -0.05) is 42.1 Å². The highest BCUT2D eigenvalue weighted by Gasteiger charge is 2.38. The number of aliphatic hydroxyl groups is 1. The summed E-state index contributed by atoms with van der Waals surface area (Å²) in [4.78, 5) is 38.7. The number of thioether (sulfide) groups is 1. The maximum atomic E-state index is 12.4. The number of carbonyl (C=O) groups is 1. The molecule has 2 aromatic rings. The van der Waals surface area contributed by atoms with E-state index in [1.54, 1.807) is 19.1 Å². The van der Waals surface area contributed by atoms with Gasteiger partial charge < -0.3 is 18.9 Å². The van der Waals surface area contributed by atoms with Crippen LogP contribution in [0.4, 0.5) is 0 Å². The third kappa shape index (κ3) is 7.33. The Morgan fingerprint density at radius 3 is 2.77 bits per heavy atom. The standard InChI is InChI=1S/C22H28N3O6PS.CH4O/c1-15-13-25(22(28)23-20(15)26)19-12-18(16(2)30-19)31-32(24-10-6-7-11-24)29-14-33-21(27)17-8-4-3-5-9-17;1-2/h3-5,8-9,13,16,18-19H,6-7,10-12,14H2,1-2H3,(H,23,26,28);2H,1H3/t16-,18?,19-,32?;/m1./s1/i2D;2T. The predicted octanol–water partition coefficient (Wildman–Crippen LogP) is 3.02. The van der Waals surface area contributed by atoms with Crippen molar-refractivity contribution in [3.8, 4) is 0 Å². The molecule has 2 aliphatic heterocycles. The van der Waals surface area contributed by atoms with Crippen LogP contribution in [0, 0.1) is 6.92 Å². The fourth-order valence-electron chi connectivity index (χ4n) is 3.73. The Morgan fingerprint density at radius 2 is 2.09 bits per heavy atom. The molecule has 10 nitrogen and oxygen atoms in total. The summed E-state index contributed by atoms with van der Waals surface area (Å²) in [6.45, 7) is 3.26. The zero-order valence-corrected chi connectivity index (χ0v) is 21.5. The van der Waals surface area contributed by atoms with E-state index in [0.717, 1.165) is 37.7 Å². The van der Waals surface area contributed by atoms with Crippen LogP contribution in [0.1, 0.15) is 49.7 Å². The lowest BCUT2D eigenvalue weighted by Gasteiger charge is -2.28. The van der Waals surface area contributed by atoms with E-state index in [0.29, 0.717) is 17.5 Å². The second-order valence-electron chi connectivity index (χ2n) is 7.93. The molecule has 0 spiro atoms. The number of benzene rings is 1. The van der Waals surface area contributed by atoms with Crippen molar-refractivity contribution in [2.45, 2.75) is 51.5 Å². The third-order valence-corrected chi connectivity index (χ3v) is 8.11. The summed E-state index contributed by atoms with van der Waals surface area (Å²) in [5.74, 6) is 0.150. The average Bonchev–Trinajstić information content (AvgIpc) is 3.57. The first-order valence-electron chi connectivity index (χ1n) is 12.3. The molecule has 3 heterocycles. The van der Waals surface area contributed by atoms with E-state index in [2.05, 4.69) is 14.8 Å². The van der Waals surface area contributed by atoms with Crippen molar-refractivity contribution < 1.29 is 25.1 Å². The van der Waals surface area contributed by atoms with Crippen LogP contribution in [0.3, 0.4) is 0 Å². The summed E-state index contributed by atoms with van der Waals surface area (Å²) in [7, 11) is -0.168. The average molecular weight is 529 g/mol. The highest BCUT2D eigenvalue weighted by Crippen LogP contribution is 2.49. The Morgan fingerprint density at radius 1 is 1.37 bits per heavy atom. The van der Waals surface area contributed by atoms with Gasteiger partial charge in [-0.3, -0.25) is 19.1 Å². The normalized spacial score (nSPS) is 23.8. The van der Waals surface area contributed by atoms with Gasteiger partial charge in [0.2, 0.25) is 6.55 Å². The summed E-state index contributed by atoms with van der Waals surface area (Å²) in [5, 5.41) is 3.43.